The maximum absolute atomic E-state index is 8.89. The molecule has 0 bridgehead atoms. The molecule has 0 aromatic carbocycles. The van der Waals surface area contributed by atoms with Crippen LogP contribution in [0.3, 0.4) is 0 Å². The summed E-state index contributed by atoms with van der Waals surface area (Å²) in [4.78, 5) is 0. The van der Waals surface area contributed by atoms with E-state index in [1.165, 1.54) is 0 Å². The highest BCUT2D eigenvalue weighted by atomic mass is 16.6. The number of nitrogens with two attached hydrogens (primary N) is 1. The van der Waals surface area contributed by atoms with Crippen LogP contribution in [0.25, 0.3) is 0 Å². The lowest BCUT2D eigenvalue weighted by Crippen LogP contribution is -2.35. The van der Waals surface area contributed by atoms with Crippen molar-refractivity contribution in [3.8, 4) is 0 Å². The molecule has 0 heterocycles. The molecule has 3 atom stereocenters. The lowest BCUT2D eigenvalue weighted by Gasteiger charge is -2.20. The van der Waals surface area contributed by atoms with Crippen molar-refractivity contribution in [2.45, 2.75) is 39.0 Å². The molecular formula is C9H21NO3. The Labute approximate surface area is 79.7 Å². The summed E-state index contributed by atoms with van der Waals surface area (Å²) in [6, 6.07) is -0.0684. The highest BCUT2D eigenvalue weighted by Gasteiger charge is 2.13. The summed E-state index contributed by atoms with van der Waals surface area (Å²) in [6.45, 7) is 4.08. The van der Waals surface area contributed by atoms with Crippen LogP contribution in [-0.4, -0.2) is 35.8 Å². The second-order valence-corrected chi connectivity index (χ2v) is 3.40. The number of rotatable bonds is 7. The molecule has 4 N–H and O–H groups in total. The number of hydrogen-bond acceptors (Lipinski definition) is 4. The predicted molar refractivity (Wildman–Crippen MR) is 51.1 cm³/mol. The molecule has 0 rings (SSSR count). The number of aliphatic hydroxyl groups is 2. The molecule has 4 nitrogen and oxygen atoms in total. The van der Waals surface area contributed by atoms with Crippen molar-refractivity contribution >= 4 is 0 Å². The van der Waals surface area contributed by atoms with Gasteiger partial charge in [0.1, 0.15) is 0 Å². The van der Waals surface area contributed by atoms with E-state index in [4.69, 9.17) is 20.7 Å². The SMILES string of the molecule is CCCC(C)[C@@H](N)COC(O)CO. The van der Waals surface area contributed by atoms with E-state index in [1.54, 1.807) is 0 Å². The summed E-state index contributed by atoms with van der Waals surface area (Å²) < 4.78 is 4.90. The zero-order valence-corrected chi connectivity index (χ0v) is 8.44. The molecule has 0 fully saturated rings. The Bertz CT molecular complexity index is 121. The first-order valence-corrected chi connectivity index (χ1v) is 4.77. The van der Waals surface area contributed by atoms with Gasteiger partial charge in [-0.1, -0.05) is 20.3 Å². The average molecular weight is 191 g/mol. The van der Waals surface area contributed by atoms with Crippen LogP contribution < -0.4 is 5.73 Å². The monoisotopic (exact) mass is 191 g/mol. The Morgan fingerprint density at radius 1 is 1.46 bits per heavy atom. The van der Waals surface area contributed by atoms with Crippen LogP contribution in [0.4, 0.5) is 0 Å². The molecule has 0 saturated carbocycles. The first kappa shape index (κ1) is 12.8. The predicted octanol–water partition coefficient (Wildman–Crippen LogP) is 0.0772. The van der Waals surface area contributed by atoms with Crippen molar-refractivity contribution in [2.75, 3.05) is 13.2 Å². The number of aliphatic hydroxyl groups excluding tert-OH is 2. The minimum atomic E-state index is -1.10. The standard InChI is InChI=1S/C9H21NO3/c1-3-4-7(2)8(10)6-13-9(12)5-11/h7-9,11-12H,3-6,10H2,1-2H3/t7?,8-,9?/m0/s1. The Morgan fingerprint density at radius 3 is 2.54 bits per heavy atom. The van der Waals surface area contributed by atoms with Crippen LogP contribution in [-0.2, 0) is 4.74 Å². The maximum Gasteiger partial charge on any atom is 0.177 e. The molecular weight excluding hydrogens is 170 g/mol. The van der Waals surface area contributed by atoms with Gasteiger partial charge in [0.05, 0.1) is 13.2 Å². The van der Waals surface area contributed by atoms with Crippen molar-refractivity contribution < 1.29 is 14.9 Å². The van der Waals surface area contributed by atoms with Crippen molar-refractivity contribution in [1.29, 1.82) is 0 Å². The molecule has 0 aromatic rings. The number of ether oxygens (including phenoxy) is 1. The minimum Gasteiger partial charge on any atom is -0.391 e. The lowest BCUT2D eigenvalue weighted by atomic mass is 9.98. The van der Waals surface area contributed by atoms with Gasteiger partial charge in [0.15, 0.2) is 6.29 Å². The molecule has 13 heavy (non-hydrogen) atoms. The third kappa shape index (κ3) is 5.99. The number of hydrogen-bond donors (Lipinski definition) is 3. The molecule has 0 aliphatic carbocycles. The molecule has 4 heteroatoms. The first-order valence-electron chi connectivity index (χ1n) is 4.77. The summed E-state index contributed by atoms with van der Waals surface area (Å²) in [7, 11) is 0. The fourth-order valence-corrected chi connectivity index (χ4v) is 1.11. The topological polar surface area (TPSA) is 75.7 Å². The fraction of sp³-hybridized carbons (Fsp3) is 1.00. The van der Waals surface area contributed by atoms with E-state index in [-0.39, 0.29) is 12.6 Å². The third-order valence-corrected chi connectivity index (χ3v) is 2.11. The smallest absolute Gasteiger partial charge is 0.177 e. The van der Waals surface area contributed by atoms with E-state index in [0.29, 0.717) is 12.5 Å². The normalized spacial score (nSPS) is 18.2. The van der Waals surface area contributed by atoms with Gasteiger partial charge >= 0.3 is 0 Å². The van der Waals surface area contributed by atoms with Gasteiger partial charge in [-0.25, -0.2) is 0 Å². The average Bonchev–Trinajstić information content (AvgIpc) is 2.13. The molecule has 0 spiro atoms. The van der Waals surface area contributed by atoms with Gasteiger partial charge in [-0.05, 0) is 12.3 Å². The van der Waals surface area contributed by atoms with Crippen LogP contribution in [0.15, 0.2) is 0 Å². The first-order chi connectivity index (χ1) is 6.11. The van der Waals surface area contributed by atoms with Crippen molar-refractivity contribution in [2.24, 2.45) is 11.7 Å². The van der Waals surface area contributed by atoms with Gasteiger partial charge in [0, 0.05) is 6.04 Å². The molecule has 0 aromatic heterocycles. The summed E-state index contributed by atoms with van der Waals surface area (Å²) in [5.41, 5.74) is 5.79. The van der Waals surface area contributed by atoms with E-state index in [2.05, 4.69) is 13.8 Å². The Hall–Kier alpha value is -0.160. The highest BCUT2D eigenvalue weighted by Crippen LogP contribution is 2.09. The second-order valence-electron chi connectivity index (χ2n) is 3.40. The van der Waals surface area contributed by atoms with Crippen LogP contribution in [0.2, 0.25) is 0 Å². The molecule has 0 saturated heterocycles. The summed E-state index contributed by atoms with van der Waals surface area (Å²) in [6.07, 6.45) is 1.05. The van der Waals surface area contributed by atoms with Gasteiger partial charge in [-0.3, -0.25) is 0 Å². The van der Waals surface area contributed by atoms with Gasteiger partial charge in [-0.2, -0.15) is 0 Å². The zero-order valence-electron chi connectivity index (χ0n) is 8.44. The second kappa shape index (κ2) is 7.26. The van der Waals surface area contributed by atoms with Crippen LogP contribution in [0.5, 0.6) is 0 Å². The lowest BCUT2D eigenvalue weighted by molar-refractivity contribution is -0.129. The quantitative estimate of drug-likeness (QED) is 0.498. The molecule has 0 aliphatic heterocycles. The zero-order chi connectivity index (χ0) is 10.3. The molecule has 2 unspecified atom stereocenters. The Kier molecular flexibility index (Phi) is 7.17. The van der Waals surface area contributed by atoms with Gasteiger partial charge in [0.2, 0.25) is 0 Å². The van der Waals surface area contributed by atoms with E-state index >= 15 is 0 Å². The fourth-order valence-electron chi connectivity index (χ4n) is 1.11. The third-order valence-electron chi connectivity index (χ3n) is 2.11. The molecule has 0 radical (unpaired) electrons. The highest BCUT2D eigenvalue weighted by molar-refractivity contribution is 4.68. The Morgan fingerprint density at radius 2 is 2.08 bits per heavy atom. The summed E-state index contributed by atoms with van der Waals surface area (Å²) >= 11 is 0. The minimum absolute atomic E-state index is 0.0684. The molecule has 0 amide bonds. The van der Waals surface area contributed by atoms with Gasteiger partial charge in [-0.15, -0.1) is 0 Å². The van der Waals surface area contributed by atoms with Crippen molar-refractivity contribution in [3.63, 3.8) is 0 Å². The van der Waals surface area contributed by atoms with Crippen molar-refractivity contribution in [3.05, 3.63) is 0 Å². The van der Waals surface area contributed by atoms with Crippen molar-refractivity contribution in [1.82, 2.24) is 0 Å². The van der Waals surface area contributed by atoms with Crippen LogP contribution >= 0.6 is 0 Å². The van der Waals surface area contributed by atoms with Crippen LogP contribution in [0.1, 0.15) is 26.7 Å². The summed E-state index contributed by atoms with van der Waals surface area (Å²) in [5, 5.41) is 17.4. The van der Waals surface area contributed by atoms with E-state index in [1.807, 2.05) is 0 Å². The Balaban J connectivity index is 3.54. The summed E-state index contributed by atoms with van der Waals surface area (Å²) in [5.74, 6) is 0.385. The van der Waals surface area contributed by atoms with Gasteiger partial charge < -0.3 is 20.7 Å². The molecule has 80 valence electrons. The molecule has 0 aliphatic rings. The maximum atomic E-state index is 8.89. The van der Waals surface area contributed by atoms with E-state index < -0.39 is 6.29 Å². The van der Waals surface area contributed by atoms with Crippen LogP contribution in [0, 0.1) is 5.92 Å². The van der Waals surface area contributed by atoms with Gasteiger partial charge in [0.25, 0.3) is 0 Å². The van der Waals surface area contributed by atoms with E-state index in [0.717, 1.165) is 12.8 Å². The van der Waals surface area contributed by atoms with E-state index in [9.17, 15) is 0 Å². The largest absolute Gasteiger partial charge is 0.391 e.